The minimum absolute atomic E-state index is 0.0533. The fourth-order valence-electron chi connectivity index (χ4n) is 6.54. The first kappa shape index (κ1) is 16.1. The topological polar surface area (TPSA) is 43.4 Å². The van der Waals surface area contributed by atoms with Gasteiger partial charge in [-0.25, -0.2) is 0 Å². The van der Waals surface area contributed by atoms with Gasteiger partial charge in [0.15, 0.2) is 5.78 Å². The molecule has 4 aliphatic rings. The van der Waals surface area contributed by atoms with Crippen molar-refractivity contribution >= 4 is 11.8 Å². The van der Waals surface area contributed by atoms with Crippen LogP contribution in [-0.2, 0) is 14.3 Å². The summed E-state index contributed by atoms with van der Waals surface area (Å²) in [5.74, 6) is 1.96. The molecule has 4 aliphatic carbocycles. The molecule has 24 heavy (non-hydrogen) atoms. The lowest BCUT2D eigenvalue weighted by Gasteiger charge is -2.56. The molecule has 3 fully saturated rings. The minimum Gasteiger partial charge on any atom is -0.462 e. The number of ether oxygens (including phenoxy) is 1. The lowest BCUT2D eigenvalue weighted by molar-refractivity contribution is -0.156. The minimum atomic E-state index is -0.140. The number of hydrogen-bond acceptors (Lipinski definition) is 3. The summed E-state index contributed by atoms with van der Waals surface area (Å²) in [7, 11) is 0. The molecule has 0 aliphatic heterocycles. The maximum Gasteiger partial charge on any atom is 0.302 e. The first-order valence-electron chi connectivity index (χ1n) is 9.46. The smallest absolute Gasteiger partial charge is 0.302 e. The normalized spacial score (nSPS) is 46.6. The van der Waals surface area contributed by atoms with Gasteiger partial charge in [-0.2, -0.15) is 0 Å². The first-order chi connectivity index (χ1) is 11.3. The van der Waals surface area contributed by atoms with Crippen LogP contribution >= 0.6 is 0 Å². The molecule has 3 nitrogen and oxygen atoms in total. The Labute approximate surface area is 144 Å². The van der Waals surface area contributed by atoms with Gasteiger partial charge in [0.1, 0.15) is 6.10 Å². The third kappa shape index (κ3) is 2.16. The molecule has 0 radical (unpaired) electrons. The van der Waals surface area contributed by atoms with Gasteiger partial charge in [0, 0.05) is 17.8 Å². The Kier molecular flexibility index (Phi) is 3.56. The van der Waals surface area contributed by atoms with Crippen LogP contribution in [0.25, 0.3) is 0 Å². The van der Waals surface area contributed by atoms with Crippen molar-refractivity contribution in [2.75, 3.05) is 0 Å². The Bertz CT molecular complexity index is 645. The summed E-state index contributed by atoms with van der Waals surface area (Å²) in [5, 5.41) is 0. The summed E-state index contributed by atoms with van der Waals surface area (Å²) >= 11 is 0. The van der Waals surface area contributed by atoms with Crippen molar-refractivity contribution in [3.63, 3.8) is 0 Å². The van der Waals surface area contributed by atoms with Gasteiger partial charge in [-0.3, -0.25) is 9.59 Å². The first-order valence-corrected chi connectivity index (χ1v) is 9.46. The summed E-state index contributed by atoms with van der Waals surface area (Å²) in [6.45, 7) is 6.22. The standard InChI is InChI=1S/C21H28O3/c1-13(22)24-19-7-6-17-16-5-4-14-12-15(23)8-10-20(14,2)18(16)9-11-21(17,19)3/h8,10,12,16-19H,4-7,9,11H2,1-3H3. The van der Waals surface area contributed by atoms with Crippen LogP contribution in [0.1, 0.15) is 59.3 Å². The number of hydrogen-bond donors (Lipinski definition) is 0. The van der Waals surface area contributed by atoms with Crippen LogP contribution in [0.3, 0.4) is 0 Å². The highest BCUT2D eigenvalue weighted by molar-refractivity contribution is 6.01. The zero-order valence-corrected chi connectivity index (χ0v) is 15.0. The number of ketones is 1. The third-order valence-corrected chi connectivity index (χ3v) is 7.78. The fraction of sp³-hybridized carbons (Fsp3) is 0.714. The summed E-state index contributed by atoms with van der Waals surface area (Å²) in [5.41, 5.74) is 1.53. The molecule has 3 heteroatoms. The Balaban J connectivity index is 1.63. The summed E-state index contributed by atoms with van der Waals surface area (Å²) < 4.78 is 5.70. The molecular formula is C21H28O3. The molecular weight excluding hydrogens is 300 g/mol. The maximum atomic E-state index is 11.8. The van der Waals surface area contributed by atoms with Crippen LogP contribution in [-0.4, -0.2) is 17.9 Å². The molecule has 0 amide bonds. The number of esters is 1. The molecule has 0 spiro atoms. The van der Waals surface area contributed by atoms with Crippen molar-refractivity contribution in [1.29, 1.82) is 0 Å². The van der Waals surface area contributed by atoms with E-state index in [9.17, 15) is 9.59 Å². The quantitative estimate of drug-likeness (QED) is 0.677. The molecule has 0 saturated heterocycles. The second-order valence-electron chi connectivity index (χ2n) is 8.82. The number of carbonyl (C=O) groups is 2. The lowest BCUT2D eigenvalue weighted by atomic mass is 9.48. The van der Waals surface area contributed by atoms with Crippen molar-refractivity contribution in [3.05, 3.63) is 23.8 Å². The van der Waals surface area contributed by atoms with Crippen molar-refractivity contribution in [3.8, 4) is 0 Å². The molecule has 0 aromatic carbocycles. The molecule has 6 atom stereocenters. The number of rotatable bonds is 1. The van der Waals surface area contributed by atoms with Crippen LogP contribution in [0, 0.1) is 28.6 Å². The van der Waals surface area contributed by atoms with Gasteiger partial charge < -0.3 is 4.74 Å². The average Bonchev–Trinajstić information content (AvgIpc) is 2.84. The monoisotopic (exact) mass is 328 g/mol. The fourth-order valence-corrected chi connectivity index (χ4v) is 6.54. The second-order valence-corrected chi connectivity index (χ2v) is 8.82. The number of carbonyl (C=O) groups excluding carboxylic acids is 2. The van der Waals surface area contributed by atoms with E-state index < -0.39 is 0 Å². The van der Waals surface area contributed by atoms with E-state index in [-0.39, 0.29) is 28.7 Å². The van der Waals surface area contributed by atoms with Gasteiger partial charge in [-0.15, -0.1) is 0 Å². The van der Waals surface area contributed by atoms with E-state index >= 15 is 0 Å². The van der Waals surface area contributed by atoms with E-state index in [4.69, 9.17) is 4.74 Å². The molecule has 3 saturated carbocycles. The summed E-state index contributed by atoms with van der Waals surface area (Å²) in [6.07, 6.45) is 12.6. The van der Waals surface area contributed by atoms with Crippen molar-refractivity contribution in [2.45, 2.75) is 65.4 Å². The van der Waals surface area contributed by atoms with Crippen molar-refractivity contribution < 1.29 is 14.3 Å². The van der Waals surface area contributed by atoms with Gasteiger partial charge >= 0.3 is 5.97 Å². The lowest BCUT2D eigenvalue weighted by Crippen LogP contribution is -2.50. The zero-order chi connectivity index (χ0) is 17.1. The summed E-state index contributed by atoms with van der Waals surface area (Å²) in [6, 6.07) is 0. The number of fused-ring (bicyclic) bond motifs is 5. The Hall–Kier alpha value is -1.38. The zero-order valence-electron chi connectivity index (χ0n) is 15.0. The summed E-state index contributed by atoms with van der Waals surface area (Å²) in [4.78, 5) is 23.3. The van der Waals surface area contributed by atoms with E-state index in [2.05, 4.69) is 19.9 Å². The predicted molar refractivity (Wildman–Crippen MR) is 92.2 cm³/mol. The van der Waals surface area contributed by atoms with E-state index in [0.29, 0.717) is 17.8 Å². The molecule has 0 aromatic heterocycles. The van der Waals surface area contributed by atoms with Crippen LogP contribution in [0.5, 0.6) is 0 Å². The van der Waals surface area contributed by atoms with Gasteiger partial charge in [0.2, 0.25) is 0 Å². The SMILES string of the molecule is CC(=O)OC1CCC2C3CCC4=CC(=O)C=CC4(C)C3CCC12C. The molecule has 130 valence electrons. The number of allylic oxidation sites excluding steroid dienone is 4. The third-order valence-electron chi connectivity index (χ3n) is 7.78. The maximum absolute atomic E-state index is 11.8. The van der Waals surface area contributed by atoms with Gasteiger partial charge in [-0.1, -0.05) is 25.5 Å². The molecule has 0 aromatic rings. The Morgan fingerprint density at radius 1 is 1.17 bits per heavy atom. The van der Waals surface area contributed by atoms with E-state index in [0.717, 1.165) is 19.3 Å². The Morgan fingerprint density at radius 3 is 2.71 bits per heavy atom. The molecule has 0 bridgehead atoms. The molecule has 4 rings (SSSR count). The van der Waals surface area contributed by atoms with Crippen LogP contribution in [0.15, 0.2) is 23.8 Å². The van der Waals surface area contributed by atoms with E-state index in [1.165, 1.54) is 31.8 Å². The van der Waals surface area contributed by atoms with Crippen LogP contribution in [0.2, 0.25) is 0 Å². The Morgan fingerprint density at radius 2 is 1.96 bits per heavy atom. The average molecular weight is 328 g/mol. The highest BCUT2D eigenvalue weighted by Gasteiger charge is 2.59. The van der Waals surface area contributed by atoms with Crippen LogP contribution < -0.4 is 0 Å². The van der Waals surface area contributed by atoms with Gasteiger partial charge in [0.05, 0.1) is 0 Å². The van der Waals surface area contributed by atoms with Crippen LogP contribution in [0.4, 0.5) is 0 Å². The van der Waals surface area contributed by atoms with E-state index in [1.54, 1.807) is 6.08 Å². The van der Waals surface area contributed by atoms with Crippen molar-refractivity contribution in [2.24, 2.45) is 28.6 Å². The van der Waals surface area contributed by atoms with Crippen molar-refractivity contribution in [1.82, 2.24) is 0 Å². The van der Waals surface area contributed by atoms with Gasteiger partial charge in [0.25, 0.3) is 0 Å². The van der Waals surface area contributed by atoms with Gasteiger partial charge in [-0.05, 0) is 68.4 Å². The second kappa shape index (κ2) is 5.31. The van der Waals surface area contributed by atoms with E-state index in [1.807, 2.05) is 6.08 Å². The highest BCUT2D eigenvalue weighted by atomic mass is 16.5. The molecule has 0 N–H and O–H groups in total. The predicted octanol–water partition coefficient (Wildman–Crippen LogP) is 4.23. The largest absolute Gasteiger partial charge is 0.462 e. The molecule has 6 unspecified atom stereocenters. The highest BCUT2D eigenvalue weighted by Crippen LogP contribution is 2.64. The molecule has 0 heterocycles.